The van der Waals surface area contributed by atoms with Gasteiger partial charge in [-0.05, 0) is 82.5 Å². The topological polar surface area (TPSA) is 94.7 Å². The Kier molecular flexibility index (Phi) is 5.63. The maximum absolute atomic E-state index is 12.0. The van der Waals surface area contributed by atoms with Crippen LogP contribution in [0.1, 0.15) is 78.1 Å². The molecule has 0 amide bonds. The van der Waals surface area contributed by atoms with Gasteiger partial charge in [0.15, 0.2) is 6.19 Å². The number of aliphatic carboxylic acids is 1. The first-order chi connectivity index (χ1) is 13.8. The van der Waals surface area contributed by atoms with Crippen LogP contribution in [0.15, 0.2) is 4.99 Å². The molecule has 0 aromatic carbocycles. The number of rotatable bonds is 6. The molecule has 0 aliphatic heterocycles. The summed E-state index contributed by atoms with van der Waals surface area (Å²) in [4.78, 5) is 17.0. The maximum Gasteiger partial charge on any atom is 0.309 e. The van der Waals surface area contributed by atoms with Crippen molar-refractivity contribution in [1.82, 2.24) is 5.32 Å². The highest BCUT2D eigenvalue weighted by atomic mass is 16.5. The third-order valence-corrected chi connectivity index (χ3v) is 8.10. The zero-order chi connectivity index (χ0) is 20.6. The van der Waals surface area contributed by atoms with Crippen LogP contribution in [-0.2, 0) is 9.53 Å². The summed E-state index contributed by atoms with van der Waals surface area (Å²) in [6, 6.07) is 0.104. The Morgan fingerprint density at radius 2 is 1.86 bits per heavy atom. The molecule has 6 heteroatoms. The van der Waals surface area contributed by atoms with Crippen molar-refractivity contribution < 1.29 is 14.6 Å². The molecule has 5 rings (SSSR count). The second-order valence-electron chi connectivity index (χ2n) is 10.6. The van der Waals surface area contributed by atoms with Gasteiger partial charge in [0, 0.05) is 0 Å². The van der Waals surface area contributed by atoms with E-state index in [1.54, 1.807) is 0 Å². The summed E-state index contributed by atoms with van der Waals surface area (Å²) < 4.78 is 6.30. The van der Waals surface area contributed by atoms with Gasteiger partial charge in [0.25, 0.3) is 0 Å². The van der Waals surface area contributed by atoms with E-state index in [2.05, 4.69) is 11.5 Å². The lowest BCUT2D eigenvalue weighted by molar-refractivity contribution is -0.166. The molecule has 6 nitrogen and oxygen atoms in total. The number of amidine groups is 1. The minimum Gasteiger partial charge on any atom is -0.481 e. The van der Waals surface area contributed by atoms with Gasteiger partial charge in [-0.3, -0.25) is 15.1 Å². The van der Waals surface area contributed by atoms with Crippen molar-refractivity contribution in [3.05, 3.63) is 0 Å². The molecule has 4 bridgehead atoms. The van der Waals surface area contributed by atoms with Crippen LogP contribution in [0.2, 0.25) is 0 Å². The zero-order valence-electron chi connectivity index (χ0n) is 17.8. The SMILES string of the molecule is CC(C)(OCC1CCCCC1)C(=NC1C2CC3CC1CC(C(=O)O)(C3)C2)NC#N. The molecule has 2 N–H and O–H groups in total. The lowest BCUT2D eigenvalue weighted by atomic mass is 9.48. The molecule has 0 radical (unpaired) electrons. The zero-order valence-corrected chi connectivity index (χ0v) is 17.8. The van der Waals surface area contributed by atoms with Crippen LogP contribution in [0, 0.1) is 40.5 Å². The Labute approximate surface area is 174 Å². The summed E-state index contributed by atoms with van der Waals surface area (Å²) >= 11 is 0. The summed E-state index contributed by atoms with van der Waals surface area (Å²) in [6.45, 7) is 4.70. The van der Waals surface area contributed by atoms with Crippen molar-refractivity contribution in [2.24, 2.45) is 34.1 Å². The van der Waals surface area contributed by atoms with Gasteiger partial charge in [-0.2, -0.15) is 5.26 Å². The monoisotopic (exact) mass is 401 g/mol. The van der Waals surface area contributed by atoms with Gasteiger partial charge in [0.1, 0.15) is 11.4 Å². The van der Waals surface area contributed by atoms with Gasteiger partial charge in [-0.1, -0.05) is 19.3 Å². The van der Waals surface area contributed by atoms with Gasteiger partial charge in [-0.25, -0.2) is 0 Å². The minimum atomic E-state index is -0.647. The highest BCUT2D eigenvalue weighted by Gasteiger charge is 2.59. The molecule has 5 aliphatic carbocycles. The van der Waals surface area contributed by atoms with E-state index in [1.807, 2.05) is 13.8 Å². The van der Waals surface area contributed by atoms with Crippen LogP contribution in [-0.4, -0.2) is 35.2 Å². The number of nitriles is 1. The Balaban J connectivity index is 1.49. The average Bonchev–Trinajstić information content (AvgIpc) is 2.68. The summed E-state index contributed by atoms with van der Waals surface area (Å²) in [5.74, 6) is 1.73. The first kappa shape index (κ1) is 20.7. The second kappa shape index (κ2) is 7.91. The van der Waals surface area contributed by atoms with Crippen molar-refractivity contribution in [3.8, 4) is 6.19 Å². The van der Waals surface area contributed by atoms with Crippen LogP contribution >= 0.6 is 0 Å². The van der Waals surface area contributed by atoms with E-state index >= 15 is 0 Å². The highest BCUT2D eigenvalue weighted by Crippen LogP contribution is 2.61. The molecule has 2 atom stereocenters. The van der Waals surface area contributed by atoms with Crippen LogP contribution in [0.5, 0.6) is 0 Å². The van der Waals surface area contributed by atoms with E-state index in [1.165, 1.54) is 32.1 Å². The van der Waals surface area contributed by atoms with Gasteiger partial charge in [0.05, 0.1) is 18.1 Å². The molecule has 5 fully saturated rings. The third kappa shape index (κ3) is 4.03. The fourth-order valence-corrected chi connectivity index (χ4v) is 6.76. The number of aliphatic imine (C=N–C) groups is 1. The predicted molar refractivity (Wildman–Crippen MR) is 110 cm³/mol. The largest absolute Gasteiger partial charge is 0.481 e. The number of nitrogens with zero attached hydrogens (tertiary/aromatic N) is 2. The van der Waals surface area contributed by atoms with Crippen molar-refractivity contribution in [3.63, 3.8) is 0 Å². The predicted octanol–water partition coefficient (Wildman–Crippen LogP) is 4.11. The lowest BCUT2D eigenvalue weighted by Crippen LogP contribution is -2.56. The first-order valence-corrected chi connectivity index (χ1v) is 11.4. The molecule has 0 aromatic heterocycles. The van der Waals surface area contributed by atoms with Crippen molar-refractivity contribution in [2.75, 3.05) is 6.61 Å². The fourth-order valence-electron chi connectivity index (χ4n) is 6.76. The standard InChI is InChI=1S/C23H35N3O3/c1-22(2,29-13-15-6-4-3-5-7-15)20(25-14-24)26-19-17-8-16-9-18(19)12-23(10-16,11-17)21(27)28/h15-19H,3-13H2,1-2H3,(H,25,26)(H,27,28). The second-order valence-corrected chi connectivity index (χ2v) is 10.6. The molecule has 160 valence electrons. The molecule has 0 spiro atoms. The third-order valence-electron chi connectivity index (χ3n) is 8.10. The molecule has 2 unspecified atom stereocenters. The summed E-state index contributed by atoms with van der Waals surface area (Å²) in [5, 5.41) is 22.0. The Morgan fingerprint density at radius 1 is 1.21 bits per heavy atom. The van der Waals surface area contributed by atoms with Crippen LogP contribution < -0.4 is 5.32 Å². The lowest BCUT2D eigenvalue weighted by Gasteiger charge is -2.57. The van der Waals surface area contributed by atoms with Crippen molar-refractivity contribution in [1.29, 1.82) is 5.26 Å². The van der Waals surface area contributed by atoms with Crippen LogP contribution in [0.25, 0.3) is 0 Å². The number of ether oxygens (including phenoxy) is 1. The minimum absolute atomic E-state index is 0.104. The highest BCUT2D eigenvalue weighted by molar-refractivity contribution is 5.91. The van der Waals surface area contributed by atoms with Crippen LogP contribution in [0.3, 0.4) is 0 Å². The smallest absolute Gasteiger partial charge is 0.309 e. The van der Waals surface area contributed by atoms with E-state index in [-0.39, 0.29) is 6.04 Å². The molecule has 5 aliphatic rings. The van der Waals surface area contributed by atoms with Gasteiger partial charge >= 0.3 is 5.97 Å². The van der Waals surface area contributed by atoms with Gasteiger partial charge < -0.3 is 9.84 Å². The Bertz CT molecular complexity index is 689. The number of hydrogen-bond acceptors (Lipinski definition) is 4. The molecule has 5 saturated carbocycles. The first-order valence-electron chi connectivity index (χ1n) is 11.4. The molecule has 0 saturated heterocycles. The normalized spacial score (nSPS) is 37.3. The van der Waals surface area contributed by atoms with E-state index < -0.39 is 17.0 Å². The molecule has 29 heavy (non-hydrogen) atoms. The van der Waals surface area contributed by atoms with Crippen LogP contribution in [0.4, 0.5) is 0 Å². The van der Waals surface area contributed by atoms with Gasteiger partial charge in [-0.15, -0.1) is 0 Å². The summed E-state index contributed by atoms with van der Waals surface area (Å²) in [5.41, 5.74) is -1.18. The summed E-state index contributed by atoms with van der Waals surface area (Å²) in [6.07, 6.45) is 12.8. The summed E-state index contributed by atoms with van der Waals surface area (Å²) in [7, 11) is 0. The number of carboxylic acids is 1. The number of hydrogen-bond donors (Lipinski definition) is 2. The van der Waals surface area contributed by atoms with E-state index in [0.717, 1.165) is 32.1 Å². The van der Waals surface area contributed by atoms with Crippen molar-refractivity contribution in [2.45, 2.75) is 89.7 Å². The molecular formula is C23H35N3O3. The quantitative estimate of drug-likeness (QED) is 0.302. The number of carbonyl (C=O) groups is 1. The number of carboxylic acid groups (broad SMARTS) is 1. The fraction of sp³-hybridized carbons (Fsp3) is 0.870. The van der Waals surface area contributed by atoms with Crippen molar-refractivity contribution >= 4 is 11.8 Å². The molecular weight excluding hydrogens is 366 g/mol. The average molecular weight is 402 g/mol. The van der Waals surface area contributed by atoms with Gasteiger partial charge in [0.2, 0.25) is 0 Å². The number of nitrogens with one attached hydrogen (secondary N) is 1. The van der Waals surface area contributed by atoms with E-state index in [9.17, 15) is 15.2 Å². The maximum atomic E-state index is 12.0. The van der Waals surface area contributed by atoms with E-state index in [0.29, 0.717) is 36.1 Å². The van der Waals surface area contributed by atoms with E-state index in [4.69, 9.17) is 9.73 Å². The Morgan fingerprint density at radius 3 is 2.45 bits per heavy atom. The Hall–Kier alpha value is -1.61. The molecule has 0 heterocycles. The molecule has 0 aromatic rings.